The molecule has 0 aliphatic heterocycles. The van der Waals surface area contributed by atoms with Crippen LogP contribution in [0.3, 0.4) is 0 Å². The fraction of sp³-hybridized carbons (Fsp3) is 0.353. The van der Waals surface area contributed by atoms with E-state index in [1.54, 1.807) is 25.1 Å². The summed E-state index contributed by atoms with van der Waals surface area (Å²) in [7, 11) is 0. The van der Waals surface area contributed by atoms with E-state index in [0.29, 0.717) is 11.4 Å². The van der Waals surface area contributed by atoms with E-state index < -0.39 is 6.04 Å². The molecule has 1 aromatic heterocycles. The molecule has 2 amide bonds. The minimum atomic E-state index is -0.658. The van der Waals surface area contributed by atoms with Gasteiger partial charge in [-0.3, -0.25) is 14.7 Å². The van der Waals surface area contributed by atoms with Crippen molar-refractivity contribution in [2.45, 2.75) is 39.7 Å². The van der Waals surface area contributed by atoms with Gasteiger partial charge < -0.3 is 10.6 Å². The molecule has 122 valence electrons. The number of aromatic nitrogens is 2. The maximum atomic E-state index is 12.1. The van der Waals surface area contributed by atoms with Gasteiger partial charge in [-0.1, -0.05) is 31.0 Å². The number of anilines is 1. The van der Waals surface area contributed by atoms with Crippen molar-refractivity contribution in [3.63, 3.8) is 0 Å². The van der Waals surface area contributed by atoms with Gasteiger partial charge >= 0.3 is 0 Å². The standard InChI is InChI=1S/C17H22N4O2/c1-4-6-14-10-15(21-20-14)19-16(22)12(3)18-17(23)13-8-5-7-11(2)9-13/h5,7-10,12H,4,6H2,1-3H3,(H,18,23)(H2,19,20,21,22). The number of aryl methyl sites for hydroxylation is 2. The number of nitrogens with one attached hydrogen (secondary N) is 3. The number of hydrogen-bond donors (Lipinski definition) is 3. The van der Waals surface area contributed by atoms with E-state index in [2.05, 4.69) is 27.8 Å². The van der Waals surface area contributed by atoms with E-state index in [4.69, 9.17) is 0 Å². The molecule has 1 unspecified atom stereocenters. The van der Waals surface area contributed by atoms with E-state index >= 15 is 0 Å². The molecule has 0 aliphatic rings. The minimum absolute atomic E-state index is 0.273. The molecule has 0 bridgehead atoms. The average molecular weight is 314 g/mol. The lowest BCUT2D eigenvalue weighted by atomic mass is 10.1. The van der Waals surface area contributed by atoms with Crippen molar-refractivity contribution in [3.8, 4) is 0 Å². The summed E-state index contributed by atoms with van der Waals surface area (Å²) in [6.45, 7) is 5.63. The van der Waals surface area contributed by atoms with Crippen molar-refractivity contribution in [2.75, 3.05) is 5.32 Å². The fourth-order valence-electron chi connectivity index (χ4n) is 2.19. The lowest BCUT2D eigenvalue weighted by Gasteiger charge is -2.13. The first kappa shape index (κ1) is 16.7. The summed E-state index contributed by atoms with van der Waals surface area (Å²) >= 11 is 0. The van der Waals surface area contributed by atoms with Gasteiger partial charge in [-0.25, -0.2) is 0 Å². The second-order valence-corrected chi connectivity index (χ2v) is 5.58. The van der Waals surface area contributed by atoms with Crippen LogP contribution >= 0.6 is 0 Å². The van der Waals surface area contributed by atoms with Crippen LogP contribution in [0, 0.1) is 6.92 Å². The van der Waals surface area contributed by atoms with Gasteiger partial charge in [0.2, 0.25) is 5.91 Å². The number of carbonyl (C=O) groups is 2. The minimum Gasteiger partial charge on any atom is -0.341 e. The molecule has 0 radical (unpaired) electrons. The number of benzene rings is 1. The Labute approximate surface area is 135 Å². The second-order valence-electron chi connectivity index (χ2n) is 5.58. The highest BCUT2D eigenvalue weighted by Crippen LogP contribution is 2.08. The van der Waals surface area contributed by atoms with Crippen molar-refractivity contribution in [2.24, 2.45) is 0 Å². The lowest BCUT2D eigenvalue weighted by Crippen LogP contribution is -2.41. The summed E-state index contributed by atoms with van der Waals surface area (Å²) in [5, 5.41) is 12.3. The fourth-order valence-corrected chi connectivity index (χ4v) is 2.19. The molecule has 2 rings (SSSR count). The Morgan fingerprint density at radius 1 is 1.30 bits per heavy atom. The first-order valence-corrected chi connectivity index (χ1v) is 7.72. The van der Waals surface area contributed by atoms with Crippen LogP contribution in [0.25, 0.3) is 0 Å². The molecule has 1 heterocycles. The number of rotatable bonds is 6. The van der Waals surface area contributed by atoms with E-state index in [1.165, 1.54) is 0 Å². The van der Waals surface area contributed by atoms with E-state index in [1.807, 2.05) is 19.1 Å². The van der Waals surface area contributed by atoms with Gasteiger partial charge in [-0.05, 0) is 32.4 Å². The van der Waals surface area contributed by atoms with Gasteiger partial charge in [0.05, 0.1) is 0 Å². The van der Waals surface area contributed by atoms with Crippen LogP contribution in [0.1, 0.15) is 41.9 Å². The zero-order valence-corrected chi connectivity index (χ0v) is 13.6. The number of nitrogens with zero attached hydrogens (tertiary/aromatic N) is 1. The van der Waals surface area contributed by atoms with E-state index in [0.717, 1.165) is 24.1 Å². The Morgan fingerprint density at radius 3 is 2.78 bits per heavy atom. The second kappa shape index (κ2) is 7.58. The van der Waals surface area contributed by atoms with Crippen LogP contribution in [0.15, 0.2) is 30.3 Å². The van der Waals surface area contributed by atoms with Crippen molar-refractivity contribution in [1.29, 1.82) is 0 Å². The van der Waals surface area contributed by atoms with Crippen molar-refractivity contribution < 1.29 is 9.59 Å². The number of H-pyrrole nitrogens is 1. The smallest absolute Gasteiger partial charge is 0.251 e. The highest BCUT2D eigenvalue weighted by atomic mass is 16.2. The predicted octanol–water partition coefficient (Wildman–Crippen LogP) is 2.43. The van der Waals surface area contributed by atoms with Crippen LogP contribution < -0.4 is 10.6 Å². The number of aromatic amines is 1. The van der Waals surface area contributed by atoms with Gasteiger partial charge in [0, 0.05) is 17.3 Å². The maximum Gasteiger partial charge on any atom is 0.251 e. The highest BCUT2D eigenvalue weighted by Gasteiger charge is 2.17. The third-order valence-electron chi connectivity index (χ3n) is 3.42. The van der Waals surface area contributed by atoms with Gasteiger partial charge in [0.15, 0.2) is 5.82 Å². The topological polar surface area (TPSA) is 86.9 Å². The first-order valence-electron chi connectivity index (χ1n) is 7.72. The van der Waals surface area contributed by atoms with Gasteiger partial charge in [-0.15, -0.1) is 0 Å². The molecule has 23 heavy (non-hydrogen) atoms. The molecule has 0 saturated heterocycles. The molecule has 1 atom stereocenters. The third kappa shape index (κ3) is 4.67. The van der Waals surface area contributed by atoms with Crippen LogP contribution in [-0.4, -0.2) is 28.1 Å². The summed E-state index contributed by atoms with van der Waals surface area (Å²) in [6.07, 6.45) is 1.88. The number of carbonyl (C=O) groups excluding carboxylic acids is 2. The first-order chi connectivity index (χ1) is 11.0. The van der Waals surface area contributed by atoms with Crippen molar-refractivity contribution >= 4 is 17.6 Å². The molecule has 2 aromatic rings. The predicted molar refractivity (Wildman–Crippen MR) is 89.3 cm³/mol. The van der Waals surface area contributed by atoms with Crippen LogP contribution in [-0.2, 0) is 11.2 Å². The van der Waals surface area contributed by atoms with E-state index in [9.17, 15) is 9.59 Å². The Hall–Kier alpha value is -2.63. The van der Waals surface area contributed by atoms with Crippen LogP contribution in [0.4, 0.5) is 5.82 Å². The molecule has 6 heteroatoms. The Bertz CT molecular complexity index is 693. The lowest BCUT2D eigenvalue weighted by molar-refractivity contribution is -0.117. The molecule has 0 saturated carbocycles. The quantitative estimate of drug-likeness (QED) is 0.765. The van der Waals surface area contributed by atoms with E-state index in [-0.39, 0.29) is 11.8 Å². The molecule has 1 aromatic carbocycles. The molecule has 0 spiro atoms. The Morgan fingerprint density at radius 2 is 2.09 bits per heavy atom. The van der Waals surface area contributed by atoms with Crippen LogP contribution in [0.2, 0.25) is 0 Å². The Balaban J connectivity index is 1.92. The molecule has 0 aliphatic carbocycles. The summed E-state index contributed by atoms with van der Waals surface area (Å²) in [5.74, 6) is -0.110. The maximum absolute atomic E-state index is 12.1. The average Bonchev–Trinajstić information content (AvgIpc) is 2.94. The monoisotopic (exact) mass is 314 g/mol. The van der Waals surface area contributed by atoms with Crippen LogP contribution in [0.5, 0.6) is 0 Å². The summed E-state index contributed by atoms with van der Waals surface area (Å²) < 4.78 is 0. The number of amides is 2. The largest absolute Gasteiger partial charge is 0.341 e. The zero-order valence-electron chi connectivity index (χ0n) is 13.6. The Kier molecular flexibility index (Phi) is 5.51. The molecule has 3 N–H and O–H groups in total. The van der Waals surface area contributed by atoms with Gasteiger partial charge in [0.1, 0.15) is 6.04 Å². The summed E-state index contributed by atoms with van der Waals surface area (Å²) in [6, 6.07) is 8.37. The third-order valence-corrected chi connectivity index (χ3v) is 3.42. The van der Waals surface area contributed by atoms with Gasteiger partial charge in [0.25, 0.3) is 5.91 Å². The highest BCUT2D eigenvalue weighted by molar-refractivity contribution is 6.00. The zero-order chi connectivity index (χ0) is 16.8. The summed E-state index contributed by atoms with van der Waals surface area (Å²) in [5.41, 5.74) is 2.50. The molecule has 6 nitrogen and oxygen atoms in total. The molecule has 0 fully saturated rings. The van der Waals surface area contributed by atoms with Crippen molar-refractivity contribution in [1.82, 2.24) is 15.5 Å². The summed E-state index contributed by atoms with van der Waals surface area (Å²) in [4.78, 5) is 24.3. The normalized spacial score (nSPS) is 11.8. The molecular formula is C17H22N4O2. The number of hydrogen-bond acceptors (Lipinski definition) is 3. The SMILES string of the molecule is CCCc1cc(NC(=O)C(C)NC(=O)c2cccc(C)c2)n[nH]1. The molecular weight excluding hydrogens is 292 g/mol. The van der Waals surface area contributed by atoms with Crippen molar-refractivity contribution in [3.05, 3.63) is 47.2 Å². The van der Waals surface area contributed by atoms with Gasteiger partial charge in [-0.2, -0.15) is 5.10 Å².